The van der Waals surface area contributed by atoms with Crippen LogP contribution in [0.4, 0.5) is 0 Å². The maximum Gasteiger partial charge on any atom is 0.333 e. The van der Waals surface area contributed by atoms with Crippen molar-refractivity contribution in [2.45, 2.75) is 26.9 Å². The summed E-state index contributed by atoms with van der Waals surface area (Å²) < 4.78 is 4.87. The van der Waals surface area contributed by atoms with Gasteiger partial charge in [-0.05, 0) is 20.3 Å². The van der Waals surface area contributed by atoms with E-state index < -0.39 is 0 Å². The maximum absolute atomic E-state index is 10.8. The third-order valence-corrected chi connectivity index (χ3v) is 1.11. The van der Waals surface area contributed by atoms with E-state index in [9.17, 15) is 4.79 Å². The molecule has 0 N–H and O–H groups in total. The molecule has 0 amide bonds. The van der Waals surface area contributed by atoms with E-state index in [2.05, 4.69) is 6.58 Å². The lowest BCUT2D eigenvalue weighted by Crippen LogP contribution is -2.14. The van der Waals surface area contributed by atoms with Crippen molar-refractivity contribution in [2.24, 2.45) is 0 Å². The first kappa shape index (κ1) is 9.21. The van der Waals surface area contributed by atoms with Crippen LogP contribution in [-0.4, -0.2) is 12.1 Å². The van der Waals surface area contributed by atoms with E-state index in [1.165, 1.54) is 0 Å². The highest BCUT2D eigenvalue weighted by Gasteiger charge is 2.06. The Balaban J connectivity index is 3.68. The van der Waals surface area contributed by atoms with E-state index in [1.807, 2.05) is 6.92 Å². The summed E-state index contributed by atoms with van der Waals surface area (Å²) in [5.41, 5.74) is 0.439. The third kappa shape index (κ3) is 3.28. The summed E-state index contributed by atoms with van der Waals surface area (Å²) in [6.07, 6.45) is 1.69. The van der Waals surface area contributed by atoms with E-state index >= 15 is 0 Å². The van der Waals surface area contributed by atoms with Gasteiger partial charge in [0.1, 0.15) is 6.10 Å². The second kappa shape index (κ2) is 4.09. The Morgan fingerprint density at radius 2 is 2.20 bits per heavy atom. The van der Waals surface area contributed by atoms with Crippen LogP contribution in [0.3, 0.4) is 0 Å². The summed E-state index contributed by atoms with van der Waals surface area (Å²) in [5, 5.41) is 0. The van der Waals surface area contributed by atoms with Crippen molar-refractivity contribution in [2.75, 3.05) is 0 Å². The lowest BCUT2D eigenvalue weighted by Gasteiger charge is -2.09. The van der Waals surface area contributed by atoms with Crippen molar-refractivity contribution in [3.63, 3.8) is 0 Å². The molecule has 0 aromatic heterocycles. The van der Waals surface area contributed by atoms with Crippen LogP contribution < -0.4 is 0 Å². The smallest absolute Gasteiger partial charge is 0.333 e. The Hall–Kier alpha value is -0.790. The van der Waals surface area contributed by atoms with E-state index in [0.717, 1.165) is 0 Å². The van der Waals surface area contributed by atoms with Crippen LogP contribution in [0.1, 0.15) is 20.8 Å². The average molecular weight is 141 g/mol. The van der Waals surface area contributed by atoms with E-state index in [0.29, 0.717) is 5.57 Å². The van der Waals surface area contributed by atoms with Crippen molar-refractivity contribution in [3.8, 4) is 0 Å². The van der Waals surface area contributed by atoms with Gasteiger partial charge in [0.15, 0.2) is 0 Å². The summed E-state index contributed by atoms with van der Waals surface area (Å²) in [6, 6.07) is 0. The number of carbonyl (C=O) groups is 1. The molecule has 0 bridgehead atoms. The van der Waals surface area contributed by atoms with Gasteiger partial charge in [-0.2, -0.15) is 0 Å². The highest BCUT2D eigenvalue weighted by Crippen LogP contribution is 1.99. The lowest BCUT2D eigenvalue weighted by atomic mass is 10.3. The number of esters is 1. The molecular formula is C8H13O2. The van der Waals surface area contributed by atoms with Crippen LogP contribution in [0.5, 0.6) is 0 Å². The van der Waals surface area contributed by atoms with Crippen LogP contribution in [-0.2, 0) is 9.53 Å². The van der Waals surface area contributed by atoms with Gasteiger partial charge in [-0.3, -0.25) is 0 Å². The van der Waals surface area contributed by atoms with Crippen molar-refractivity contribution >= 4 is 5.97 Å². The van der Waals surface area contributed by atoms with Gasteiger partial charge in [0, 0.05) is 5.57 Å². The lowest BCUT2D eigenvalue weighted by molar-refractivity contribution is -0.141. The Morgan fingerprint density at radius 3 is 2.50 bits per heavy atom. The number of rotatable bonds is 3. The molecule has 1 radical (unpaired) electrons. The molecule has 0 saturated heterocycles. The molecule has 1 atom stereocenters. The standard InChI is InChI=1S/C8H13O2/c1-5-7(4)10-8(9)6(2)3/h5,7H,2H2,1,3-4H3. The summed E-state index contributed by atoms with van der Waals surface area (Å²) in [4.78, 5) is 10.8. The van der Waals surface area contributed by atoms with Gasteiger partial charge in [0.05, 0.1) is 0 Å². The summed E-state index contributed by atoms with van der Waals surface area (Å²) in [6.45, 7) is 8.73. The van der Waals surface area contributed by atoms with Gasteiger partial charge in [-0.25, -0.2) is 4.79 Å². The largest absolute Gasteiger partial charge is 0.459 e. The number of ether oxygens (including phenoxy) is 1. The zero-order valence-electron chi connectivity index (χ0n) is 6.68. The molecule has 0 aliphatic rings. The molecule has 0 aliphatic carbocycles. The molecule has 0 aromatic rings. The predicted octanol–water partition coefficient (Wildman–Crippen LogP) is 1.72. The van der Waals surface area contributed by atoms with Crippen LogP contribution in [0.25, 0.3) is 0 Å². The van der Waals surface area contributed by atoms with Crippen LogP contribution >= 0.6 is 0 Å². The molecule has 0 aliphatic heterocycles. The molecular weight excluding hydrogens is 128 g/mol. The van der Waals surface area contributed by atoms with Gasteiger partial charge in [0.25, 0.3) is 0 Å². The minimum atomic E-state index is -0.328. The Kier molecular flexibility index (Phi) is 3.77. The Bertz CT molecular complexity index is 138. The first-order valence-corrected chi connectivity index (χ1v) is 3.24. The monoisotopic (exact) mass is 141 g/mol. The molecule has 0 rings (SSSR count). The highest BCUT2D eigenvalue weighted by atomic mass is 16.5. The molecule has 0 saturated carbocycles. The molecule has 10 heavy (non-hydrogen) atoms. The SMILES string of the molecule is C=C(C)C(=O)OC(C)[CH]C. The van der Waals surface area contributed by atoms with Gasteiger partial charge in [0.2, 0.25) is 0 Å². The third-order valence-electron chi connectivity index (χ3n) is 1.11. The first-order valence-electron chi connectivity index (χ1n) is 3.24. The quantitative estimate of drug-likeness (QED) is 0.442. The van der Waals surface area contributed by atoms with Crippen LogP contribution in [0.15, 0.2) is 12.2 Å². The van der Waals surface area contributed by atoms with Crippen molar-refractivity contribution in [1.29, 1.82) is 0 Å². The van der Waals surface area contributed by atoms with Crippen LogP contribution in [0, 0.1) is 6.42 Å². The molecule has 57 valence electrons. The first-order chi connectivity index (χ1) is 4.57. The fourth-order valence-electron chi connectivity index (χ4n) is 0.337. The predicted molar refractivity (Wildman–Crippen MR) is 40.3 cm³/mol. The van der Waals surface area contributed by atoms with Crippen molar-refractivity contribution in [1.82, 2.24) is 0 Å². The minimum Gasteiger partial charge on any atom is -0.459 e. The average Bonchev–Trinajstić information content (AvgIpc) is 1.87. The van der Waals surface area contributed by atoms with Crippen LogP contribution in [0.2, 0.25) is 0 Å². The molecule has 2 heteroatoms. The highest BCUT2D eigenvalue weighted by molar-refractivity contribution is 5.87. The molecule has 0 spiro atoms. The molecule has 0 aromatic carbocycles. The molecule has 0 fully saturated rings. The second-order valence-corrected chi connectivity index (χ2v) is 2.22. The summed E-state index contributed by atoms with van der Waals surface area (Å²) in [5.74, 6) is -0.328. The molecule has 2 nitrogen and oxygen atoms in total. The van der Waals surface area contributed by atoms with E-state index in [-0.39, 0.29) is 12.1 Å². The fourth-order valence-corrected chi connectivity index (χ4v) is 0.337. The maximum atomic E-state index is 10.8. The zero-order chi connectivity index (χ0) is 8.15. The van der Waals surface area contributed by atoms with Gasteiger partial charge < -0.3 is 4.74 Å². The minimum absolute atomic E-state index is 0.121. The van der Waals surface area contributed by atoms with E-state index in [4.69, 9.17) is 4.74 Å². The number of hydrogen-bond donors (Lipinski definition) is 0. The van der Waals surface area contributed by atoms with Gasteiger partial charge in [-0.1, -0.05) is 13.5 Å². The molecule has 1 unspecified atom stereocenters. The zero-order valence-corrected chi connectivity index (χ0v) is 6.68. The van der Waals surface area contributed by atoms with Crippen molar-refractivity contribution in [3.05, 3.63) is 18.6 Å². The number of hydrogen-bond acceptors (Lipinski definition) is 2. The van der Waals surface area contributed by atoms with E-state index in [1.54, 1.807) is 20.3 Å². The summed E-state index contributed by atoms with van der Waals surface area (Å²) >= 11 is 0. The van der Waals surface area contributed by atoms with Gasteiger partial charge in [-0.15, -0.1) is 0 Å². The molecule has 0 heterocycles. The van der Waals surface area contributed by atoms with Crippen molar-refractivity contribution < 1.29 is 9.53 Å². The Morgan fingerprint density at radius 1 is 1.70 bits per heavy atom. The van der Waals surface area contributed by atoms with Gasteiger partial charge >= 0.3 is 5.97 Å². The normalized spacial score (nSPS) is 12.3. The fraction of sp³-hybridized carbons (Fsp3) is 0.500. The number of carbonyl (C=O) groups excluding carboxylic acids is 1. The Labute approximate surface area is 61.9 Å². The second-order valence-electron chi connectivity index (χ2n) is 2.22. The summed E-state index contributed by atoms with van der Waals surface area (Å²) in [7, 11) is 0. The topological polar surface area (TPSA) is 26.3 Å².